The smallest absolute Gasteiger partial charge is 0.195 e. The van der Waals surface area contributed by atoms with Gasteiger partial charge in [0.15, 0.2) is 0 Å². The molecule has 0 aromatic carbocycles. The fourth-order valence-corrected chi connectivity index (χ4v) is 0.592. The molecule has 0 N–H and O–H groups in total. The minimum atomic E-state index is -5.63. The van der Waals surface area contributed by atoms with Crippen molar-refractivity contribution in [1.82, 2.24) is 0 Å². The van der Waals surface area contributed by atoms with Crippen LogP contribution in [0.5, 0.6) is 0 Å². The molecule has 0 heterocycles. The number of rotatable bonds is 2. The molecule has 0 aliphatic rings. The third kappa shape index (κ3) is 2.33. The van der Waals surface area contributed by atoms with Gasteiger partial charge in [0.1, 0.15) is 5.38 Å². The highest BCUT2D eigenvalue weighted by molar-refractivity contribution is 6.28. The summed E-state index contributed by atoms with van der Waals surface area (Å²) in [7, 11) is 0. The average molecular weight is 217 g/mol. The molecule has 0 aromatic heterocycles. The van der Waals surface area contributed by atoms with E-state index in [-0.39, 0.29) is 0 Å². The van der Waals surface area contributed by atoms with Gasteiger partial charge in [0.05, 0.1) is 0 Å². The molecule has 0 saturated carbocycles. The maximum atomic E-state index is 12.0. The summed E-state index contributed by atoms with van der Waals surface area (Å²) in [6.45, 7) is 0. The van der Waals surface area contributed by atoms with Crippen LogP contribution in [-0.4, -0.2) is 23.4 Å². The average Bonchev–Trinajstić information content (AvgIpc) is 1.83. The fraction of sp³-hybridized carbons (Fsp3) is 1.00. The van der Waals surface area contributed by atoms with Crippen molar-refractivity contribution in [2.24, 2.45) is 0 Å². The lowest BCUT2D eigenvalue weighted by atomic mass is 10.2. The van der Waals surface area contributed by atoms with E-state index < -0.39 is 23.4 Å². The monoisotopic (exact) mass is 216 g/mol. The molecule has 0 bridgehead atoms. The molecule has 0 aliphatic carbocycles. The lowest BCUT2D eigenvalue weighted by Gasteiger charge is -2.22. The Labute approximate surface area is 69.3 Å². The Balaban J connectivity index is 4.45. The van der Waals surface area contributed by atoms with Gasteiger partial charge in [-0.05, 0) is 0 Å². The van der Waals surface area contributed by atoms with Crippen molar-refractivity contribution in [1.29, 1.82) is 0 Å². The van der Waals surface area contributed by atoms with Crippen LogP contribution in [0.25, 0.3) is 0 Å². The molecular weight excluding hydrogens is 214 g/mol. The summed E-state index contributed by atoms with van der Waals surface area (Å²) in [6, 6.07) is 0. The Kier molecular flexibility index (Phi) is 3.38. The van der Waals surface area contributed by atoms with Gasteiger partial charge in [0, 0.05) is 5.88 Å². The summed E-state index contributed by atoms with van der Waals surface area (Å²) in [5.74, 6) is -5.87. The van der Waals surface area contributed by atoms with E-state index in [0.717, 1.165) is 0 Å². The second kappa shape index (κ2) is 3.31. The van der Waals surface area contributed by atoms with Gasteiger partial charge in [-0.15, -0.1) is 23.2 Å². The summed E-state index contributed by atoms with van der Waals surface area (Å²) in [5.41, 5.74) is 0. The van der Waals surface area contributed by atoms with E-state index in [0.29, 0.717) is 0 Å². The van der Waals surface area contributed by atoms with E-state index in [4.69, 9.17) is 11.6 Å². The first-order valence-electron chi connectivity index (χ1n) is 2.38. The summed E-state index contributed by atoms with van der Waals surface area (Å²) >= 11 is 9.37. The first-order chi connectivity index (χ1) is 4.73. The second-order valence-corrected chi connectivity index (χ2v) is 2.58. The van der Waals surface area contributed by atoms with Gasteiger partial charge in [-0.2, -0.15) is 22.0 Å². The van der Waals surface area contributed by atoms with Crippen LogP contribution in [-0.2, 0) is 0 Å². The first kappa shape index (κ1) is 11.2. The van der Waals surface area contributed by atoms with Gasteiger partial charge in [-0.1, -0.05) is 0 Å². The maximum absolute atomic E-state index is 12.0. The van der Waals surface area contributed by atoms with Crippen LogP contribution in [0.2, 0.25) is 0 Å². The molecule has 0 nitrogen and oxygen atoms in total. The van der Waals surface area contributed by atoms with Crippen molar-refractivity contribution in [3.05, 3.63) is 0 Å². The molecule has 1 unspecified atom stereocenters. The summed E-state index contributed by atoms with van der Waals surface area (Å²) in [6.07, 6.45) is -5.63. The van der Waals surface area contributed by atoms with Crippen molar-refractivity contribution in [3.63, 3.8) is 0 Å². The molecule has 0 saturated heterocycles. The Morgan fingerprint density at radius 2 is 1.45 bits per heavy atom. The van der Waals surface area contributed by atoms with Crippen molar-refractivity contribution in [2.75, 3.05) is 5.88 Å². The quantitative estimate of drug-likeness (QED) is 0.492. The summed E-state index contributed by atoms with van der Waals surface area (Å²) in [5, 5.41) is -2.41. The standard InChI is InChI=1S/C4H3Cl2F5/c5-1-2(6)3(7,8)4(9,10)11/h2H,1H2. The van der Waals surface area contributed by atoms with Crippen molar-refractivity contribution in [2.45, 2.75) is 17.5 Å². The van der Waals surface area contributed by atoms with Gasteiger partial charge in [-0.25, -0.2) is 0 Å². The van der Waals surface area contributed by atoms with Gasteiger partial charge in [0.2, 0.25) is 0 Å². The number of hydrogen-bond donors (Lipinski definition) is 0. The minimum absolute atomic E-state index is 0.950. The largest absolute Gasteiger partial charge is 0.454 e. The Morgan fingerprint density at radius 1 is 1.09 bits per heavy atom. The fourth-order valence-electron chi connectivity index (χ4n) is 0.274. The Bertz CT molecular complexity index is 131. The third-order valence-electron chi connectivity index (χ3n) is 0.907. The molecule has 0 spiro atoms. The molecule has 7 heteroatoms. The van der Waals surface area contributed by atoms with Gasteiger partial charge in [0.25, 0.3) is 0 Å². The van der Waals surface area contributed by atoms with E-state index >= 15 is 0 Å². The highest BCUT2D eigenvalue weighted by Crippen LogP contribution is 2.40. The number of hydrogen-bond acceptors (Lipinski definition) is 0. The maximum Gasteiger partial charge on any atom is 0.454 e. The van der Waals surface area contributed by atoms with Crippen molar-refractivity contribution >= 4 is 23.2 Å². The molecule has 68 valence electrons. The molecule has 0 rings (SSSR count). The van der Waals surface area contributed by atoms with Gasteiger partial charge in [-0.3, -0.25) is 0 Å². The normalized spacial score (nSPS) is 16.6. The predicted octanol–water partition coefficient (Wildman–Crippen LogP) is 3.03. The van der Waals surface area contributed by atoms with E-state index in [1.54, 1.807) is 0 Å². The zero-order valence-corrected chi connectivity index (χ0v) is 6.44. The Morgan fingerprint density at radius 3 is 1.55 bits per heavy atom. The Hall–Kier alpha value is 0.230. The summed E-state index contributed by atoms with van der Waals surface area (Å²) in [4.78, 5) is 0. The molecule has 0 amide bonds. The van der Waals surface area contributed by atoms with Crippen molar-refractivity contribution < 1.29 is 22.0 Å². The zero-order chi connectivity index (χ0) is 9.28. The lowest BCUT2D eigenvalue weighted by Crippen LogP contribution is -2.45. The molecule has 11 heavy (non-hydrogen) atoms. The van der Waals surface area contributed by atoms with Crippen LogP contribution < -0.4 is 0 Å². The van der Waals surface area contributed by atoms with Crippen LogP contribution in [0.1, 0.15) is 0 Å². The van der Waals surface area contributed by atoms with Crippen LogP contribution in [0.15, 0.2) is 0 Å². The van der Waals surface area contributed by atoms with E-state index in [1.165, 1.54) is 0 Å². The van der Waals surface area contributed by atoms with Crippen LogP contribution in [0, 0.1) is 0 Å². The molecule has 0 aromatic rings. The SMILES string of the molecule is FC(F)(F)C(F)(F)C(Cl)CCl. The second-order valence-electron chi connectivity index (χ2n) is 1.74. The summed E-state index contributed by atoms with van der Waals surface area (Å²) < 4.78 is 58.1. The van der Waals surface area contributed by atoms with Crippen molar-refractivity contribution in [3.8, 4) is 0 Å². The first-order valence-corrected chi connectivity index (χ1v) is 3.35. The van der Waals surface area contributed by atoms with Gasteiger partial charge < -0.3 is 0 Å². The van der Waals surface area contributed by atoms with E-state index in [1.807, 2.05) is 0 Å². The number of halogens is 7. The topological polar surface area (TPSA) is 0 Å². The molecule has 1 atom stereocenters. The minimum Gasteiger partial charge on any atom is -0.195 e. The van der Waals surface area contributed by atoms with Gasteiger partial charge >= 0.3 is 12.1 Å². The number of alkyl halides is 7. The van der Waals surface area contributed by atoms with E-state index in [9.17, 15) is 22.0 Å². The third-order valence-corrected chi connectivity index (χ3v) is 1.80. The zero-order valence-electron chi connectivity index (χ0n) is 4.93. The van der Waals surface area contributed by atoms with Crippen LogP contribution in [0.3, 0.4) is 0 Å². The molecule has 0 radical (unpaired) electrons. The molecule has 0 aliphatic heterocycles. The lowest BCUT2D eigenvalue weighted by molar-refractivity contribution is -0.280. The van der Waals surface area contributed by atoms with Crippen LogP contribution >= 0.6 is 23.2 Å². The predicted molar refractivity (Wildman–Crippen MR) is 31.4 cm³/mol. The highest BCUT2D eigenvalue weighted by Gasteiger charge is 2.61. The van der Waals surface area contributed by atoms with Crippen LogP contribution in [0.4, 0.5) is 22.0 Å². The molecule has 0 fully saturated rings. The highest BCUT2D eigenvalue weighted by atomic mass is 35.5. The van der Waals surface area contributed by atoms with E-state index in [2.05, 4.69) is 11.6 Å². The molecular formula is C4H3Cl2F5.